The molecule has 2 N–H and O–H groups in total. The highest BCUT2D eigenvalue weighted by Crippen LogP contribution is 1.99. The van der Waals surface area contributed by atoms with E-state index in [4.69, 9.17) is 5.73 Å². The van der Waals surface area contributed by atoms with Gasteiger partial charge >= 0.3 is 0 Å². The first kappa shape index (κ1) is 6.90. The Hall–Kier alpha value is -1.78. The van der Waals surface area contributed by atoms with Crippen LogP contribution < -0.4 is 16.9 Å². The van der Waals surface area contributed by atoms with Crippen LogP contribution in [0.15, 0.2) is 27.8 Å². The maximum atomic E-state index is 11.2. The van der Waals surface area contributed by atoms with Crippen LogP contribution in [0.5, 0.6) is 0 Å². The first-order valence-corrected chi connectivity index (χ1v) is 3.49. The van der Waals surface area contributed by atoms with E-state index in [0.29, 0.717) is 12.4 Å². The van der Waals surface area contributed by atoms with Crippen LogP contribution in [0.2, 0.25) is 0 Å². The minimum absolute atomic E-state index is 0.216. The lowest BCUT2D eigenvalue weighted by molar-refractivity contribution is 0.594. The van der Waals surface area contributed by atoms with Crippen molar-refractivity contribution in [3.63, 3.8) is 0 Å². The Balaban J connectivity index is 2.89. The van der Waals surface area contributed by atoms with E-state index >= 15 is 0 Å². The van der Waals surface area contributed by atoms with Gasteiger partial charge in [-0.2, -0.15) is 4.68 Å². The third-order valence-electron chi connectivity index (χ3n) is 1.79. The highest BCUT2D eigenvalue weighted by Gasteiger charge is 2.11. The molecular formula is C7H7N3O2. The van der Waals surface area contributed by atoms with E-state index in [2.05, 4.69) is 0 Å². The van der Waals surface area contributed by atoms with Gasteiger partial charge in [-0.1, -0.05) is 0 Å². The van der Waals surface area contributed by atoms with Crippen LogP contribution >= 0.6 is 0 Å². The Bertz CT molecular complexity index is 466. The summed E-state index contributed by atoms with van der Waals surface area (Å²) in [7, 11) is 0. The van der Waals surface area contributed by atoms with Crippen molar-refractivity contribution in [2.24, 2.45) is 5.73 Å². The maximum Gasteiger partial charge on any atom is 0.271 e. The predicted octanol–water partition coefficient (Wildman–Crippen LogP) is -1.22. The van der Waals surface area contributed by atoms with E-state index in [9.17, 15) is 9.59 Å². The van der Waals surface area contributed by atoms with E-state index in [1.807, 2.05) is 0 Å². The Morgan fingerprint density at radius 1 is 1.25 bits per heavy atom. The summed E-state index contributed by atoms with van der Waals surface area (Å²) < 4.78 is 2.46. The lowest BCUT2D eigenvalue weighted by atomic mass is 10.5. The fourth-order valence-electron chi connectivity index (χ4n) is 1.22. The van der Waals surface area contributed by atoms with Gasteiger partial charge < -0.3 is 5.73 Å². The lowest BCUT2D eigenvalue weighted by Crippen LogP contribution is -2.34. The number of rotatable bonds is 0. The molecule has 1 aliphatic rings. The molecule has 2 rings (SSSR count). The van der Waals surface area contributed by atoms with Crippen molar-refractivity contribution < 1.29 is 0 Å². The van der Waals surface area contributed by atoms with Crippen LogP contribution in [0.3, 0.4) is 0 Å². The van der Waals surface area contributed by atoms with E-state index in [-0.39, 0.29) is 11.1 Å². The summed E-state index contributed by atoms with van der Waals surface area (Å²) >= 11 is 0. The standard InChI is InChI=1S/C7H7N3O2/c8-5-3-4-9-6(11)1-2-7(12)10(5)9/h1-3H,4,8H2. The third-order valence-corrected chi connectivity index (χ3v) is 1.79. The predicted molar refractivity (Wildman–Crippen MR) is 43.4 cm³/mol. The molecule has 1 aliphatic heterocycles. The first-order chi connectivity index (χ1) is 5.70. The SMILES string of the molecule is NC1=CCn2c(=O)ccc(=O)n21. The van der Waals surface area contributed by atoms with E-state index in [0.717, 1.165) is 0 Å². The number of nitrogens with zero attached hydrogens (tertiary/aromatic N) is 2. The molecular weight excluding hydrogens is 158 g/mol. The zero-order valence-corrected chi connectivity index (χ0v) is 6.23. The van der Waals surface area contributed by atoms with Crippen LogP contribution in [0.1, 0.15) is 0 Å². The van der Waals surface area contributed by atoms with Crippen molar-refractivity contribution in [3.05, 3.63) is 38.9 Å². The molecule has 0 amide bonds. The Kier molecular flexibility index (Phi) is 1.21. The molecule has 12 heavy (non-hydrogen) atoms. The number of hydrogen-bond donors (Lipinski definition) is 1. The van der Waals surface area contributed by atoms with Crippen molar-refractivity contribution in [1.29, 1.82) is 0 Å². The maximum absolute atomic E-state index is 11.2. The van der Waals surface area contributed by atoms with Crippen LogP contribution in [0.25, 0.3) is 5.82 Å². The molecule has 1 aromatic heterocycles. The first-order valence-electron chi connectivity index (χ1n) is 3.49. The van der Waals surface area contributed by atoms with Crippen LogP contribution in [0.4, 0.5) is 0 Å². The molecule has 5 heteroatoms. The Morgan fingerprint density at radius 2 is 1.92 bits per heavy atom. The highest BCUT2D eigenvalue weighted by atomic mass is 16.2. The molecule has 0 aliphatic carbocycles. The van der Waals surface area contributed by atoms with E-state index < -0.39 is 0 Å². The molecule has 0 spiro atoms. The summed E-state index contributed by atoms with van der Waals surface area (Å²) in [6.07, 6.45) is 1.63. The molecule has 1 aromatic rings. The Morgan fingerprint density at radius 3 is 2.58 bits per heavy atom. The van der Waals surface area contributed by atoms with Crippen LogP contribution in [-0.2, 0) is 6.54 Å². The summed E-state index contributed by atoms with van der Waals surface area (Å²) in [4.78, 5) is 22.3. The Labute approximate surface area is 67.3 Å². The van der Waals surface area contributed by atoms with Crippen molar-refractivity contribution in [2.45, 2.75) is 6.54 Å². The minimum atomic E-state index is -0.277. The summed E-state index contributed by atoms with van der Waals surface area (Å²) in [6.45, 7) is 0.376. The highest BCUT2D eigenvalue weighted by molar-refractivity contribution is 5.41. The fourth-order valence-corrected chi connectivity index (χ4v) is 1.22. The third kappa shape index (κ3) is 0.730. The summed E-state index contributed by atoms with van der Waals surface area (Å²) in [5.74, 6) is 0.317. The summed E-state index contributed by atoms with van der Waals surface area (Å²) in [5, 5.41) is 0. The van der Waals surface area contributed by atoms with Crippen molar-refractivity contribution >= 4 is 5.82 Å². The van der Waals surface area contributed by atoms with Gasteiger partial charge in [0.1, 0.15) is 5.82 Å². The fraction of sp³-hybridized carbons (Fsp3) is 0.143. The number of allylic oxidation sites excluding steroid dienone is 1. The monoisotopic (exact) mass is 165 g/mol. The molecule has 2 heterocycles. The zero-order chi connectivity index (χ0) is 8.72. The molecule has 0 bridgehead atoms. The molecule has 62 valence electrons. The average molecular weight is 165 g/mol. The number of aromatic nitrogens is 2. The van der Waals surface area contributed by atoms with Gasteiger partial charge in [0.25, 0.3) is 11.1 Å². The topological polar surface area (TPSA) is 70.0 Å². The lowest BCUT2D eigenvalue weighted by Gasteiger charge is -2.04. The summed E-state index contributed by atoms with van der Waals surface area (Å²) in [6, 6.07) is 2.45. The van der Waals surface area contributed by atoms with Gasteiger partial charge in [-0.3, -0.25) is 9.59 Å². The minimum Gasteiger partial charge on any atom is -0.384 e. The van der Waals surface area contributed by atoms with Crippen molar-refractivity contribution in [1.82, 2.24) is 9.36 Å². The van der Waals surface area contributed by atoms with Crippen molar-refractivity contribution in [2.75, 3.05) is 0 Å². The van der Waals surface area contributed by atoms with Gasteiger partial charge in [0, 0.05) is 12.1 Å². The van der Waals surface area contributed by atoms with Gasteiger partial charge in [0.15, 0.2) is 0 Å². The number of fused-ring (bicyclic) bond motifs is 1. The molecule has 0 atom stereocenters. The second-order valence-corrected chi connectivity index (χ2v) is 2.53. The number of nitrogens with two attached hydrogens (primary N) is 1. The molecule has 0 radical (unpaired) electrons. The molecule has 0 saturated carbocycles. The molecule has 5 nitrogen and oxygen atoms in total. The molecule has 0 unspecified atom stereocenters. The van der Waals surface area contributed by atoms with Crippen LogP contribution in [0, 0.1) is 0 Å². The van der Waals surface area contributed by atoms with Gasteiger partial charge in [0.2, 0.25) is 0 Å². The largest absolute Gasteiger partial charge is 0.384 e. The molecule has 0 fully saturated rings. The van der Waals surface area contributed by atoms with E-state index in [1.54, 1.807) is 6.08 Å². The van der Waals surface area contributed by atoms with Gasteiger partial charge in [-0.15, -0.1) is 0 Å². The van der Waals surface area contributed by atoms with Gasteiger partial charge in [0.05, 0.1) is 6.54 Å². The van der Waals surface area contributed by atoms with Gasteiger partial charge in [-0.25, -0.2) is 4.68 Å². The zero-order valence-electron chi connectivity index (χ0n) is 6.23. The second-order valence-electron chi connectivity index (χ2n) is 2.53. The quantitative estimate of drug-likeness (QED) is 0.524. The van der Waals surface area contributed by atoms with Crippen LogP contribution in [-0.4, -0.2) is 9.36 Å². The average Bonchev–Trinajstić information content (AvgIpc) is 2.42. The van der Waals surface area contributed by atoms with Crippen molar-refractivity contribution in [3.8, 4) is 0 Å². The molecule has 0 aromatic carbocycles. The second kappa shape index (κ2) is 2.10. The smallest absolute Gasteiger partial charge is 0.271 e. The van der Waals surface area contributed by atoms with Gasteiger partial charge in [-0.05, 0) is 6.08 Å². The normalized spacial score (nSPS) is 14.2. The summed E-state index contributed by atoms with van der Waals surface area (Å²) in [5.41, 5.74) is 4.99. The number of hydrogen-bond acceptors (Lipinski definition) is 3. The molecule has 0 saturated heterocycles. The van der Waals surface area contributed by atoms with E-state index in [1.165, 1.54) is 21.5 Å².